The molecular formula is C10H8BrN3O2S3. The Morgan fingerprint density at radius 1 is 1.42 bits per heavy atom. The molecule has 0 fully saturated rings. The van der Waals surface area contributed by atoms with E-state index < -0.39 is 4.92 Å². The zero-order valence-electron chi connectivity index (χ0n) is 9.70. The largest absolute Gasteiger partial charge is 0.283 e. The first-order valence-electron chi connectivity index (χ1n) is 5.04. The maximum Gasteiger partial charge on any atom is 0.283 e. The van der Waals surface area contributed by atoms with Gasteiger partial charge in [0.15, 0.2) is 8.68 Å². The van der Waals surface area contributed by atoms with E-state index in [9.17, 15) is 10.1 Å². The third-order valence-corrected chi connectivity index (χ3v) is 6.17. The highest BCUT2D eigenvalue weighted by molar-refractivity contribution is 9.10. The van der Waals surface area contributed by atoms with Crippen molar-refractivity contribution in [2.24, 2.45) is 0 Å². The highest BCUT2D eigenvalue weighted by atomic mass is 79.9. The Balaban J connectivity index is 2.11. The average molecular weight is 378 g/mol. The van der Waals surface area contributed by atoms with Crippen LogP contribution >= 0.6 is 50.8 Å². The number of thioether (sulfide) groups is 2. The van der Waals surface area contributed by atoms with Crippen LogP contribution in [-0.2, 0) is 5.75 Å². The number of benzene rings is 1. The molecule has 2 rings (SSSR count). The zero-order valence-corrected chi connectivity index (χ0v) is 13.7. The third kappa shape index (κ3) is 3.68. The second-order valence-electron chi connectivity index (χ2n) is 3.33. The lowest BCUT2D eigenvalue weighted by molar-refractivity contribution is -0.385. The molecule has 0 N–H and O–H groups in total. The number of halogens is 1. The molecule has 1 heterocycles. The van der Waals surface area contributed by atoms with E-state index in [2.05, 4.69) is 26.1 Å². The van der Waals surface area contributed by atoms with Gasteiger partial charge in [0.25, 0.3) is 5.69 Å². The first kappa shape index (κ1) is 14.8. The molecule has 19 heavy (non-hydrogen) atoms. The number of nitro groups is 1. The first-order valence-corrected chi connectivity index (χ1v) is 8.86. The summed E-state index contributed by atoms with van der Waals surface area (Å²) in [5.41, 5.74) is 0.959. The number of nitro benzene ring substituents is 1. The van der Waals surface area contributed by atoms with E-state index >= 15 is 0 Å². The molecule has 2 aromatic rings. The summed E-state index contributed by atoms with van der Waals surface area (Å²) in [6.45, 7) is 0. The number of nitrogens with zero attached hydrogens (tertiary/aromatic N) is 3. The Labute approximate surface area is 130 Å². The van der Waals surface area contributed by atoms with Crippen molar-refractivity contribution in [2.75, 3.05) is 6.26 Å². The van der Waals surface area contributed by atoms with Crippen LogP contribution in [0.3, 0.4) is 0 Å². The van der Waals surface area contributed by atoms with Crippen LogP contribution in [0.2, 0.25) is 0 Å². The number of hydrogen-bond acceptors (Lipinski definition) is 7. The first-order chi connectivity index (χ1) is 9.11. The summed E-state index contributed by atoms with van der Waals surface area (Å²) in [4.78, 5) is 10.4. The quantitative estimate of drug-likeness (QED) is 0.441. The Hall–Kier alpha value is -0.640. The van der Waals surface area contributed by atoms with Crippen molar-refractivity contribution >= 4 is 56.5 Å². The molecule has 1 aromatic carbocycles. The van der Waals surface area contributed by atoms with Crippen LogP contribution < -0.4 is 0 Å². The Bertz CT molecular complexity index is 605. The van der Waals surface area contributed by atoms with Crippen LogP contribution in [0.4, 0.5) is 5.69 Å². The summed E-state index contributed by atoms with van der Waals surface area (Å²) < 4.78 is 2.31. The van der Waals surface area contributed by atoms with Crippen molar-refractivity contribution < 1.29 is 4.92 Å². The fraction of sp³-hybridized carbons (Fsp3) is 0.200. The predicted octanol–water partition coefficient (Wildman–Crippen LogP) is 4.22. The molecule has 0 atom stereocenters. The SMILES string of the molecule is CSc1nnc(SCc2cccc([N+](=O)[O-])c2Br)s1. The molecule has 0 aliphatic rings. The molecule has 0 aliphatic heterocycles. The molecule has 0 radical (unpaired) electrons. The standard InChI is InChI=1S/C10H8BrN3O2S3/c1-17-9-12-13-10(19-9)18-5-6-3-2-4-7(8(6)11)14(15)16/h2-4H,5H2,1H3. The van der Waals surface area contributed by atoms with Crippen molar-refractivity contribution in [1.29, 1.82) is 0 Å². The van der Waals surface area contributed by atoms with E-state index in [1.54, 1.807) is 17.8 Å². The van der Waals surface area contributed by atoms with E-state index in [-0.39, 0.29) is 5.69 Å². The summed E-state index contributed by atoms with van der Waals surface area (Å²) >= 11 is 7.88. The molecule has 0 bridgehead atoms. The van der Waals surface area contributed by atoms with E-state index in [0.29, 0.717) is 10.2 Å². The zero-order chi connectivity index (χ0) is 13.8. The summed E-state index contributed by atoms with van der Waals surface area (Å²) in [6.07, 6.45) is 1.95. The van der Waals surface area contributed by atoms with Gasteiger partial charge < -0.3 is 0 Å². The minimum Gasteiger partial charge on any atom is -0.258 e. The topological polar surface area (TPSA) is 68.9 Å². The smallest absolute Gasteiger partial charge is 0.258 e. The van der Waals surface area contributed by atoms with Gasteiger partial charge in [-0.25, -0.2) is 0 Å². The third-order valence-electron chi connectivity index (χ3n) is 2.17. The molecule has 0 amide bonds. The number of aromatic nitrogens is 2. The van der Waals surface area contributed by atoms with Crippen LogP contribution in [0.25, 0.3) is 0 Å². The fourth-order valence-electron chi connectivity index (χ4n) is 1.30. The molecule has 0 saturated carbocycles. The minimum atomic E-state index is -0.394. The summed E-state index contributed by atoms with van der Waals surface area (Å²) in [5.74, 6) is 0.616. The molecule has 0 spiro atoms. The van der Waals surface area contributed by atoms with Gasteiger partial charge >= 0.3 is 0 Å². The highest BCUT2D eigenvalue weighted by Gasteiger charge is 2.15. The molecule has 0 unspecified atom stereocenters. The second-order valence-corrected chi connectivity index (χ2v) is 7.38. The van der Waals surface area contributed by atoms with E-state index in [0.717, 1.165) is 14.2 Å². The van der Waals surface area contributed by atoms with Crippen molar-refractivity contribution in [3.8, 4) is 0 Å². The Morgan fingerprint density at radius 3 is 2.79 bits per heavy atom. The van der Waals surface area contributed by atoms with Crippen LogP contribution in [0.5, 0.6) is 0 Å². The number of hydrogen-bond donors (Lipinski definition) is 0. The molecule has 5 nitrogen and oxygen atoms in total. The molecule has 0 saturated heterocycles. The van der Waals surface area contributed by atoms with E-state index in [1.165, 1.54) is 29.2 Å². The van der Waals surface area contributed by atoms with E-state index in [4.69, 9.17) is 0 Å². The average Bonchev–Trinajstić information content (AvgIpc) is 2.85. The summed E-state index contributed by atoms with van der Waals surface area (Å²) in [7, 11) is 0. The van der Waals surface area contributed by atoms with Gasteiger partial charge in [0.1, 0.15) is 0 Å². The van der Waals surface area contributed by atoms with Gasteiger partial charge in [0.2, 0.25) is 0 Å². The van der Waals surface area contributed by atoms with Crippen LogP contribution in [0.15, 0.2) is 31.4 Å². The van der Waals surface area contributed by atoms with Gasteiger partial charge in [-0.15, -0.1) is 10.2 Å². The lowest BCUT2D eigenvalue weighted by Crippen LogP contribution is -1.92. The fourth-order valence-corrected chi connectivity index (χ4v) is 4.46. The minimum absolute atomic E-state index is 0.0835. The van der Waals surface area contributed by atoms with E-state index in [1.807, 2.05) is 12.3 Å². The van der Waals surface area contributed by atoms with Gasteiger partial charge in [-0.05, 0) is 27.7 Å². The Morgan fingerprint density at radius 2 is 2.16 bits per heavy atom. The predicted molar refractivity (Wildman–Crippen MR) is 82.0 cm³/mol. The van der Waals surface area contributed by atoms with Crippen LogP contribution in [0, 0.1) is 10.1 Å². The van der Waals surface area contributed by atoms with Crippen molar-refractivity contribution in [3.63, 3.8) is 0 Å². The second kappa shape index (κ2) is 6.69. The van der Waals surface area contributed by atoms with Crippen molar-refractivity contribution in [3.05, 3.63) is 38.3 Å². The van der Waals surface area contributed by atoms with Gasteiger partial charge in [0.05, 0.1) is 9.40 Å². The number of rotatable bonds is 5. The van der Waals surface area contributed by atoms with Crippen molar-refractivity contribution in [1.82, 2.24) is 10.2 Å². The van der Waals surface area contributed by atoms with Crippen molar-refractivity contribution in [2.45, 2.75) is 14.4 Å². The molecular weight excluding hydrogens is 370 g/mol. The molecule has 0 aliphatic carbocycles. The van der Waals surface area contributed by atoms with Gasteiger partial charge in [-0.1, -0.05) is 47.0 Å². The van der Waals surface area contributed by atoms with Gasteiger partial charge in [-0.3, -0.25) is 10.1 Å². The highest BCUT2D eigenvalue weighted by Crippen LogP contribution is 2.34. The molecule has 100 valence electrons. The Kier molecular flexibility index (Phi) is 5.20. The van der Waals surface area contributed by atoms with Gasteiger partial charge in [-0.2, -0.15) is 0 Å². The molecule has 1 aromatic heterocycles. The van der Waals surface area contributed by atoms with Gasteiger partial charge in [0, 0.05) is 11.8 Å². The maximum atomic E-state index is 10.8. The van der Waals surface area contributed by atoms with Crippen LogP contribution in [0.1, 0.15) is 5.56 Å². The normalized spacial score (nSPS) is 10.6. The summed E-state index contributed by atoms with van der Waals surface area (Å²) in [5, 5.41) is 18.9. The molecule has 9 heteroatoms. The lowest BCUT2D eigenvalue weighted by atomic mass is 10.2. The monoisotopic (exact) mass is 377 g/mol. The summed E-state index contributed by atoms with van der Waals surface area (Å²) in [6, 6.07) is 5.03. The lowest BCUT2D eigenvalue weighted by Gasteiger charge is -2.02. The maximum absolute atomic E-state index is 10.8. The van der Waals surface area contributed by atoms with Crippen LogP contribution in [-0.4, -0.2) is 21.4 Å².